The van der Waals surface area contributed by atoms with Crippen LogP contribution in [-0.2, 0) is 34.2 Å². The summed E-state index contributed by atoms with van der Waals surface area (Å²) in [5.41, 5.74) is 0. The molecule has 0 amide bonds. The van der Waals surface area contributed by atoms with Gasteiger partial charge in [-0.15, -0.1) is 0 Å². The van der Waals surface area contributed by atoms with E-state index in [-0.39, 0.29) is 24.0 Å². The Morgan fingerprint density at radius 2 is 1.46 bits per heavy atom. The molecule has 0 aliphatic heterocycles. The predicted octanol–water partition coefficient (Wildman–Crippen LogP) is -2.81. The fourth-order valence-corrected chi connectivity index (χ4v) is 0.857. The van der Waals surface area contributed by atoms with Crippen molar-refractivity contribution in [1.82, 2.24) is 0 Å². The molecule has 0 spiro atoms. The Balaban J connectivity index is -0.0000000508. The fraction of sp³-hybridized carbons (Fsp3) is 0.125. The van der Waals surface area contributed by atoms with Crippen molar-refractivity contribution >= 4 is 20.4 Å². The van der Waals surface area contributed by atoms with Gasteiger partial charge in [0.15, 0.2) is 0 Å². The van der Waals surface area contributed by atoms with Gasteiger partial charge >= 0.3 is 48.4 Å². The Kier molecular flexibility index (Phi) is 52.7. The zero-order chi connectivity index (χ0) is 10.4. The summed E-state index contributed by atoms with van der Waals surface area (Å²) in [7, 11) is 0. The van der Waals surface area contributed by atoms with Crippen LogP contribution in [0, 0.1) is 0 Å². The normalized spacial score (nSPS) is 9.38. The third-order valence-corrected chi connectivity index (χ3v) is 1.48. The van der Waals surface area contributed by atoms with Crippen molar-refractivity contribution in [1.29, 1.82) is 0 Å². The van der Waals surface area contributed by atoms with E-state index < -0.39 is 0 Å². The summed E-state index contributed by atoms with van der Waals surface area (Å²) in [5.74, 6) is 0. The fourth-order valence-electron chi connectivity index (χ4n) is 0.428. The van der Waals surface area contributed by atoms with Crippen molar-refractivity contribution in [3.63, 3.8) is 0 Å². The average Bonchev–Trinajstić information content (AvgIpc) is 2.66. The van der Waals surface area contributed by atoms with Gasteiger partial charge in [-0.3, -0.25) is 14.4 Å². The third kappa shape index (κ3) is 24.5. The zero-order valence-corrected chi connectivity index (χ0v) is 10.6. The van der Waals surface area contributed by atoms with Gasteiger partial charge in [0.2, 0.25) is 0 Å². The average molecular weight is 372 g/mol. The van der Waals surface area contributed by atoms with Crippen molar-refractivity contribution in [2.45, 2.75) is 6.42 Å². The van der Waals surface area contributed by atoms with E-state index in [0.29, 0.717) is 0 Å². The second-order valence-electron chi connectivity index (χ2n) is 1.27. The van der Waals surface area contributed by atoms with E-state index in [9.17, 15) is 0 Å². The first kappa shape index (κ1) is 23.1. The number of halogens is 1. The first-order chi connectivity index (χ1) is 5.89. The number of allylic oxidation sites excluding steroid dienone is 4. The minimum atomic E-state index is 0. The molecule has 1 aliphatic carbocycles. The van der Waals surface area contributed by atoms with Gasteiger partial charge in [0, 0.05) is 0 Å². The Bertz CT molecular complexity index is 144. The van der Waals surface area contributed by atoms with Crippen molar-refractivity contribution in [2.24, 2.45) is 0 Å². The second kappa shape index (κ2) is 29.7. The van der Waals surface area contributed by atoms with Crippen LogP contribution in [0.5, 0.6) is 0 Å². The second-order valence-corrected chi connectivity index (χ2v) is 2.55. The van der Waals surface area contributed by atoms with Gasteiger partial charge in [-0.25, -0.2) is 0 Å². The van der Waals surface area contributed by atoms with Crippen LogP contribution in [0.4, 0.5) is 0 Å². The number of rotatable bonds is 0. The van der Waals surface area contributed by atoms with Gasteiger partial charge in [-0.1, -0.05) is 0 Å². The summed E-state index contributed by atoms with van der Waals surface area (Å²) in [4.78, 5) is 22.5. The number of hydrogen-bond donors (Lipinski definition) is 0. The van der Waals surface area contributed by atoms with Crippen LogP contribution < -0.4 is 24.0 Å². The summed E-state index contributed by atoms with van der Waals surface area (Å²) < 4.78 is 1.48. The molecule has 1 rings (SSSR count). The van der Waals surface area contributed by atoms with Crippen LogP contribution in [0.3, 0.4) is 0 Å². The van der Waals surface area contributed by atoms with Crippen molar-refractivity contribution in [3.8, 4) is 0 Å². The molecule has 0 saturated carbocycles. The van der Waals surface area contributed by atoms with E-state index in [4.69, 9.17) is 14.4 Å². The summed E-state index contributed by atoms with van der Waals surface area (Å²) in [6.07, 6.45) is 7.57. The van der Waals surface area contributed by atoms with Crippen LogP contribution in [0.1, 0.15) is 6.42 Å². The molecule has 0 aromatic carbocycles. The van der Waals surface area contributed by atoms with Crippen LogP contribution in [0.2, 0.25) is 0 Å². The quantitative estimate of drug-likeness (QED) is 0.341. The third-order valence-electron chi connectivity index (χ3n) is 0.737. The summed E-state index contributed by atoms with van der Waals surface area (Å²) in [6.45, 7) is 13.5. The van der Waals surface area contributed by atoms with Crippen molar-refractivity contribution in [2.75, 3.05) is 0 Å². The van der Waals surface area contributed by atoms with Crippen molar-refractivity contribution < 1.29 is 58.2 Å². The molecule has 0 aromatic rings. The standard InChI is InChI=1S/C5H5.3CO.HI.Mo/c1-2-4-5-3-1;3*1-2;;/h1-3H,4H2;;;;1H;/q;;;;;+1/p-1. The Labute approximate surface area is 107 Å². The summed E-state index contributed by atoms with van der Waals surface area (Å²) >= 11 is 2.07. The number of hydrogen-bond acceptors (Lipinski definition) is 3. The molecule has 0 saturated heterocycles. The zero-order valence-electron chi connectivity index (χ0n) is 6.45. The van der Waals surface area contributed by atoms with Gasteiger partial charge < -0.3 is 24.0 Å². The topological polar surface area (TPSA) is 51.2 Å². The molecule has 0 N–H and O–H groups in total. The molecule has 13 heavy (non-hydrogen) atoms. The molecule has 0 bridgehead atoms. The molecule has 0 aromatic heterocycles. The number of carbonyl (C=O) groups excluding carboxylic acids is 3. The van der Waals surface area contributed by atoms with Crippen LogP contribution >= 0.6 is 0 Å². The van der Waals surface area contributed by atoms with Crippen LogP contribution in [0.15, 0.2) is 22.2 Å². The summed E-state index contributed by atoms with van der Waals surface area (Å²) in [6, 6.07) is 0. The van der Waals surface area contributed by atoms with E-state index >= 15 is 0 Å². The molecule has 5 heteroatoms. The predicted molar refractivity (Wildman–Crippen MR) is 38.9 cm³/mol. The molecule has 3 nitrogen and oxygen atoms in total. The maximum absolute atomic E-state index is 7.50. The molecule has 0 fully saturated rings. The van der Waals surface area contributed by atoms with E-state index in [2.05, 4.69) is 58.4 Å². The molecule has 0 atom stereocenters. The van der Waals surface area contributed by atoms with Gasteiger partial charge in [0.1, 0.15) is 0 Å². The van der Waals surface area contributed by atoms with E-state index in [0.717, 1.165) is 0 Å². The van der Waals surface area contributed by atoms with Crippen molar-refractivity contribution in [3.05, 3.63) is 22.2 Å². The molecular formula is C8H5IMoO3. The Hall–Kier alpha value is -0.0917. The SMILES string of the molecule is [C]=O.[C]=O.[C]=O.[I-].[Mo+][C]1=CC=CC1. The molecule has 0 unspecified atom stereocenters. The first-order valence-corrected chi connectivity index (χ1v) is 3.54. The van der Waals surface area contributed by atoms with Gasteiger partial charge in [-0.05, 0) is 0 Å². The maximum atomic E-state index is 7.50. The Morgan fingerprint density at radius 1 is 1.08 bits per heavy atom. The van der Waals surface area contributed by atoms with Gasteiger partial charge in [-0.2, -0.15) is 0 Å². The van der Waals surface area contributed by atoms with E-state index in [1.807, 2.05) is 0 Å². The van der Waals surface area contributed by atoms with Gasteiger partial charge in [0.05, 0.1) is 0 Å². The molecule has 1 aliphatic rings. The van der Waals surface area contributed by atoms with Crippen LogP contribution in [-0.4, -0.2) is 20.4 Å². The van der Waals surface area contributed by atoms with E-state index in [1.165, 1.54) is 10.4 Å². The molecular weight excluding hydrogens is 367 g/mol. The summed E-state index contributed by atoms with van der Waals surface area (Å²) in [5, 5.41) is 0. The first-order valence-electron chi connectivity index (χ1n) is 2.53. The van der Waals surface area contributed by atoms with Gasteiger partial charge in [0.25, 0.3) is 20.4 Å². The van der Waals surface area contributed by atoms with E-state index in [1.54, 1.807) is 0 Å². The molecule has 0 heterocycles. The molecule has 6 radical (unpaired) electrons. The minimum absolute atomic E-state index is 0. The Morgan fingerprint density at radius 3 is 1.54 bits per heavy atom. The molecule has 68 valence electrons. The monoisotopic (exact) mass is 374 g/mol. The van der Waals surface area contributed by atoms with Crippen LogP contribution in [0.25, 0.3) is 0 Å².